The van der Waals surface area contributed by atoms with E-state index in [0.717, 1.165) is 37.4 Å². The Labute approximate surface area is 121 Å². The lowest BCUT2D eigenvalue weighted by molar-refractivity contribution is -0.0165. The predicted octanol–water partition coefficient (Wildman–Crippen LogP) is 1.96. The molecule has 0 spiro atoms. The van der Waals surface area contributed by atoms with E-state index in [0.29, 0.717) is 6.04 Å². The molecule has 5 rings (SSSR count). The zero-order valence-corrected chi connectivity index (χ0v) is 12.5. The number of amides is 2. The lowest BCUT2D eigenvalue weighted by Gasteiger charge is -2.57. The van der Waals surface area contributed by atoms with Crippen LogP contribution in [0.15, 0.2) is 0 Å². The molecule has 4 nitrogen and oxygen atoms in total. The highest BCUT2D eigenvalue weighted by Crippen LogP contribution is 2.55. The Balaban J connectivity index is 1.47. The summed E-state index contributed by atoms with van der Waals surface area (Å²) < 4.78 is 0. The molecule has 0 aromatic heterocycles. The van der Waals surface area contributed by atoms with E-state index in [1.54, 1.807) is 0 Å². The fourth-order valence-electron chi connectivity index (χ4n) is 5.71. The summed E-state index contributed by atoms with van der Waals surface area (Å²) in [5, 5.41) is 6.84. The van der Waals surface area contributed by atoms with Gasteiger partial charge in [0.05, 0.1) is 0 Å². The summed E-state index contributed by atoms with van der Waals surface area (Å²) in [6.45, 7) is 4.84. The molecule has 5 fully saturated rings. The summed E-state index contributed by atoms with van der Waals surface area (Å²) in [5.74, 6) is 2.67. The quantitative estimate of drug-likeness (QED) is 0.769. The zero-order chi connectivity index (χ0) is 13.7. The molecule has 4 saturated carbocycles. The fraction of sp³-hybridized carbons (Fsp3) is 0.938. The molecule has 4 aliphatic carbocycles. The molecule has 4 bridgehead atoms. The van der Waals surface area contributed by atoms with Gasteiger partial charge in [-0.3, -0.25) is 0 Å². The van der Waals surface area contributed by atoms with Gasteiger partial charge in [-0.15, -0.1) is 0 Å². The third-order valence-electron chi connectivity index (χ3n) is 6.17. The zero-order valence-electron chi connectivity index (χ0n) is 12.5. The van der Waals surface area contributed by atoms with Crippen molar-refractivity contribution >= 4 is 6.03 Å². The molecule has 5 aliphatic rings. The van der Waals surface area contributed by atoms with E-state index in [2.05, 4.69) is 17.6 Å². The summed E-state index contributed by atoms with van der Waals surface area (Å²) in [6, 6.07) is 0.513. The molecule has 1 aliphatic heterocycles. The van der Waals surface area contributed by atoms with Crippen molar-refractivity contribution in [3.05, 3.63) is 0 Å². The molecular weight excluding hydrogens is 250 g/mol. The maximum absolute atomic E-state index is 12.7. The maximum atomic E-state index is 12.7. The van der Waals surface area contributed by atoms with E-state index in [1.165, 1.54) is 38.5 Å². The number of nitrogens with zero attached hydrogens (tertiary/aromatic N) is 1. The van der Waals surface area contributed by atoms with Crippen molar-refractivity contribution in [2.24, 2.45) is 17.8 Å². The highest BCUT2D eigenvalue weighted by molar-refractivity contribution is 5.75. The average molecular weight is 277 g/mol. The van der Waals surface area contributed by atoms with Gasteiger partial charge in [-0.1, -0.05) is 0 Å². The second kappa shape index (κ2) is 4.62. The first-order chi connectivity index (χ1) is 9.63. The smallest absolute Gasteiger partial charge is 0.318 e. The van der Waals surface area contributed by atoms with E-state index >= 15 is 0 Å². The summed E-state index contributed by atoms with van der Waals surface area (Å²) >= 11 is 0. The first kappa shape index (κ1) is 12.9. The number of nitrogens with one attached hydrogen (secondary N) is 2. The Bertz CT molecular complexity index is 373. The summed E-state index contributed by atoms with van der Waals surface area (Å²) in [7, 11) is 0. The number of rotatable bonds is 1. The van der Waals surface area contributed by atoms with Crippen molar-refractivity contribution in [2.45, 2.75) is 57.0 Å². The minimum Gasteiger partial charge on any atom is -0.333 e. The molecule has 0 aromatic carbocycles. The van der Waals surface area contributed by atoms with Crippen molar-refractivity contribution in [1.82, 2.24) is 15.5 Å². The minimum absolute atomic E-state index is 0.149. The van der Waals surface area contributed by atoms with Crippen LogP contribution in [0.3, 0.4) is 0 Å². The van der Waals surface area contributed by atoms with Crippen molar-refractivity contribution in [3.63, 3.8) is 0 Å². The Morgan fingerprint density at radius 3 is 2.30 bits per heavy atom. The molecule has 112 valence electrons. The summed E-state index contributed by atoms with van der Waals surface area (Å²) in [5.41, 5.74) is 0.149. The number of urea groups is 1. The molecule has 2 N–H and O–H groups in total. The van der Waals surface area contributed by atoms with Gasteiger partial charge >= 0.3 is 6.03 Å². The first-order valence-electron chi connectivity index (χ1n) is 8.43. The van der Waals surface area contributed by atoms with E-state index in [9.17, 15) is 4.79 Å². The Kier molecular flexibility index (Phi) is 2.99. The van der Waals surface area contributed by atoms with E-state index in [-0.39, 0.29) is 11.6 Å². The van der Waals surface area contributed by atoms with Gasteiger partial charge in [0.15, 0.2) is 0 Å². The van der Waals surface area contributed by atoms with E-state index in [1.807, 2.05) is 4.90 Å². The van der Waals surface area contributed by atoms with Gasteiger partial charge < -0.3 is 15.5 Å². The lowest BCUT2D eigenvalue weighted by atomic mass is 9.53. The highest BCUT2D eigenvalue weighted by atomic mass is 16.2. The van der Waals surface area contributed by atoms with Crippen LogP contribution in [0.5, 0.6) is 0 Å². The maximum Gasteiger partial charge on any atom is 0.318 e. The summed E-state index contributed by atoms with van der Waals surface area (Å²) in [6.07, 6.45) is 8.01. The third kappa shape index (κ3) is 2.12. The van der Waals surface area contributed by atoms with E-state index < -0.39 is 0 Å². The normalized spacial score (nSPS) is 46.5. The van der Waals surface area contributed by atoms with Gasteiger partial charge in [0.2, 0.25) is 0 Å². The SMILES string of the molecule is C[C@@H]1CNCCN1C(=O)NC12CC3CC(CC(C3)C1)C2. The van der Waals surface area contributed by atoms with Crippen LogP contribution < -0.4 is 10.6 Å². The molecule has 1 saturated heterocycles. The van der Waals surface area contributed by atoms with Crippen LogP contribution in [0.1, 0.15) is 45.4 Å². The van der Waals surface area contributed by atoms with Crippen LogP contribution in [0, 0.1) is 17.8 Å². The van der Waals surface area contributed by atoms with E-state index in [4.69, 9.17) is 0 Å². The average Bonchev–Trinajstić information content (AvgIpc) is 2.36. The van der Waals surface area contributed by atoms with Gasteiger partial charge in [0, 0.05) is 31.2 Å². The standard InChI is InChI=1S/C16H27N3O/c1-11-10-17-2-3-19(11)15(20)18-16-7-12-4-13(8-16)6-14(5-12)9-16/h11-14,17H,2-10H2,1H3,(H,18,20)/t11-,12?,13?,14?,16?/m1/s1. The van der Waals surface area contributed by atoms with Crippen LogP contribution in [-0.2, 0) is 0 Å². The first-order valence-corrected chi connectivity index (χ1v) is 8.43. The Hall–Kier alpha value is -0.770. The van der Waals surface area contributed by atoms with Crippen LogP contribution in [0.4, 0.5) is 4.79 Å². The number of carbonyl (C=O) groups is 1. The van der Waals surface area contributed by atoms with Gasteiger partial charge in [-0.2, -0.15) is 0 Å². The van der Waals surface area contributed by atoms with Crippen LogP contribution in [0.25, 0.3) is 0 Å². The minimum atomic E-state index is 0.149. The fourth-order valence-corrected chi connectivity index (χ4v) is 5.71. The summed E-state index contributed by atoms with van der Waals surface area (Å²) in [4.78, 5) is 14.7. The van der Waals surface area contributed by atoms with Crippen LogP contribution in [-0.4, -0.2) is 42.1 Å². The van der Waals surface area contributed by atoms with Gasteiger partial charge in [-0.25, -0.2) is 4.79 Å². The van der Waals surface area contributed by atoms with Crippen LogP contribution in [0.2, 0.25) is 0 Å². The molecule has 2 amide bonds. The lowest BCUT2D eigenvalue weighted by Crippen LogP contribution is -2.64. The van der Waals surface area contributed by atoms with Gasteiger partial charge in [0.1, 0.15) is 0 Å². The molecule has 1 heterocycles. The molecule has 4 heteroatoms. The number of carbonyl (C=O) groups excluding carboxylic acids is 1. The van der Waals surface area contributed by atoms with Gasteiger partial charge in [-0.05, 0) is 63.2 Å². The monoisotopic (exact) mass is 277 g/mol. The predicted molar refractivity (Wildman–Crippen MR) is 78.5 cm³/mol. The largest absolute Gasteiger partial charge is 0.333 e. The second-order valence-electron chi connectivity index (χ2n) is 7.87. The van der Waals surface area contributed by atoms with Crippen LogP contribution >= 0.6 is 0 Å². The third-order valence-corrected chi connectivity index (χ3v) is 6.17. The van der Waals surface area contributed by atoms with Gasteiger partial charge in [0.25, 0.3) is 0 Å². The highest BCUT2D eigenvalue weighted by Gasteiger charge is 2.51. The molecule has 0 radical (unpaired) electrons. The van der Waals surface area contributed by atoms with Crippen molar-refractivity contribution < 1.29 is 4.79 Å². The topological polar surface area (TPSA) is 44.4 Å². The number of hydrogen-bond acceptors (Lipinski definition) is 2. The Morgan fingerprint density at radius 2 is 1.75 bits per heavy atom. The van der Waals surface area contributed by atoms with Crippen molar-refractivity contribution in [1.29, 1.82) is 0 Å². The molecule has 20 heavy (non-hydrogen) atoms. The van der Waals surface area contributed by atoms with Crippen molar-refractivity contribution in [3.8, 4) is 0 Å². The van der Waals surface area contributed by atoms with Crippen molar-refractivity contribution in [2.75, 3.05) is 19.6 Å². The molecule has 0 aromatic rings. The Morgan fingerprint density at radius 1 is 1.15 bits per heavy atom. The number of piperazine rings is 1. The molecular formula is C16H27N3O. The second-order valence-corrected chi connectivity index (χ2v) is 7.87. The molecule has 1 atom stereocenters. The number of hydrogen-bond donors (Lipinski definition) is 2. The molecule has 0 unspecified atom stereocenters.